The quantitative estimate of drug-likeness (QED) is 0.621. The average molecular weight is 417 g/mol. The van der Waals surface area contributed by atoms with Gasteiger partial charge in [-0.05, 0) is 64.5 Å². The van der Waals surface area contributed by atoms with Crippen LogP contribution in [0.5, 0.6) is 0 Å². The second-order valence-corrected chi connectivity index (χ2v) is 7.57. The monoisotopic (exact) mass is 415 g/mol. The summed E-state index contributed by atoms with van der Waals surface area (Å²) in [4.78, 5) is 1.40. The molecule has 2 rings (SSSR count). The number of hydrogen-bond acceptors (Lipinski definition) is 2. The molecule has 0 aliphatic carbocycles. The highest BCUT2D eigenvalue weighted by atomic mass is 79.9. The molecule has 1 aromatic carbocycles. The zero-order valence-electron chi connectivity index (χ0n) is 11.7. The minimum Gasteiger partial charge on any atom is -0.310 e. The molecule has 0 spiro atoms. The highest BCUT2D eigenvalue weighted by molar-refractivity contribution is 9.10. The molecule has 0 saturated carbocycles. The Morgan fingerprint density at radius 1 is 1.20 bits per heavy atom. The van der Waals surface area contributed by atoms with Gasteiger partial charge in [0.1, 0.15) is 0 Å². The summed E-state index contributed by atoms with van der Waals surface area (Å²) in [5.41, 5.74) is 2.71. The van der Waals surface area contributed by atoms with Gasteiger partial charge >= 0.3 is 0 Å². The van der Waals surface area contributed by atoms with E-state index >= 15 is 0 Å². The summed E-state index contributed by atoms with van der Waals surface area (Å²) >= 11 is 9.10. The van der Waals surface area contributed by atoms with Crippen molar-refractivity contribution in [3.63, 3.8) is 0 Å². The van der Waals surface area contributed by atoms with E-state index in [-0.39, 0.29) is 0 Å². The van der Waals surface area contributed by atoms with E-state index in [0.717, 1.165) is 19.4 Å². The van der Waals surface area contributed by atoms with Crippen LogP contribution in [0.3, 0.4) is 0 Å². The van der Waals surface area contributed by atoms with Gasteiger partial charge in [-0.2, -0.15) is 0 Å². The van der Waals surface area contributed by atoms with E-state index in [9.17, 15) is 0 Å². The van der Waals surface area contributed by atoms with Crippen molar-refractivity contribution < 1.29 is 0 Å². The van der Waals surface area contributed by atoms with E-state index in [4.69, 9.17) is 0 Å². The first-order chi connectivity index (χ1) is 9.63. The molecule has 1 atom stereocenters. The number of benzene rings is 1. The van der Waals surface area contributed by atoms with Crippen molar-refractivity contribution in [3.05, 3.63) is 54.6 Å². The molecule has 2 aromatic rings. The van der Waals surface area contributed by atoms with E-state index in [1.807, 2.05) is 11.3 Å². The van der Waals surface area contributed by atoms with Crippen molar-refractivity contribution in [1.29, 1.82) is 0 Å². The van der Waals surface area contributed by atoms with Crippen LogP contribution in [0.1, 0.15) is 35.4 Å². The molecule has 1 N–H and O–H groups in total. The molecule has 0 fully saturated rings. The molecule has 0 bridgehead atoms. The van der Waals surface area contributed by atoms with Crippen LogP contribution in [0.25, 0.3) is 0 Å². The van der Waals surface area contributed by atoms with Crippen LogP contribution >= 0.6 is 43.2 Å². The van der Waals surface area contributed by atoms with Crippen LogP contribution in [0.2, 0.25) is 0 Å². The van der Waals surface area contributed by atoms with Crippen LogP contribution in [-0.4, -0.2) is 6.54 Å². The Morgan fingerprint density at radius 3 is 2.65 bits per heavy atom. The van der Waals surface area contributed by atoms with E-state index in [2.05, 4.69) is 80.7 Å². The molecule has 1 aromatic heterocycles. The Balaban J connectivity index is 2.27. The lowest BCUT2D eigenvalue weighted by atomic mass is 9.98. The molecule has 1 nitrogen and oxygen atoms in total. The Bertz CT molecular complexity index is 565. The molecular weight excluding hydrogens is 398 g/mol. The normalized spacial score (nSPS) is 12.6. The van der Waals surface area contributed by atoms with Gasteiger partial charge in [-0.1, -0.05) is 35.0 Å². The maximum absolute atomic E-state index is 3.68. The minimum absolute atomic E-state index is 0.363. The summed E-state index contributed by atoms with van der Waals surface area (Å²) in [6.45, 7) is 5.43. The van der Waals surface area contributed by atoms with Crippen molar-refractivity contribution in [2.75, 3.05) is 6.54 Å². The smallest absolute Gasteiger partial charge is 0.0372 e. The minimum atomic E-state index is 0.363. The maximum atomic E-state index is 3.68. The average Bonchev–Trinajstić information content (AvgIpc) is 2.83. The Hall–Kier alpha value is -0.160. The summed E-state index contributed by atoms with van der Waals surface area (Å²) in [5, 5.41) is 5.83. The lowest BCUT2D eigenvalue weighted by Gasteiger charge is -2.21. The summed E-state index contributed by atoms with van der Waals surface area (Å²) in [6.07, 6.45) is 2.17. The van der Waals surface area contributed by atoms with Gasteiger partial charge in [0.25, 0.3) is 0 Å². The van der Waals surface area contributed by atoms with Gasteiger partial charge in [0.05, 0.1) is 0 Å². The summed E-state index contributed by atoms with van der Waals surface area (Å²) in [7, 11) is 0. The van der Waals surface area contributed by atoms with Gasteiger partial charge in [-0.25, -0.2) is 0 Å². The fraction of sp³-hybridized carbons (Fsp3) is 0.375. The first kappa shape index (κ1) is 16.2. The number of thiophene rings is 1. The van der Waals surface area contributed by atoms with Gasteiger partial charge in [-0.3, -0.25) is 0 Å². The number of hydrogen-bond donors (Lipinski definition) is 1. The fourth-order valence-electron chi connectivity index (χ4n) is 2.27. The van der Waals surface area contributed by atoms with Crippen LogP contribution < -0.4 is 5.32 Å². The Morgan fingerprint density at radius 2 is 2.00 bits per heavy atom. The third kappa shape index (κ3) is 3.94. The van der Waals surface area contributed by atoms with Crippen LogP contribution in [0.15, 0.2) is 38.6 Å². The van der Waals surface area contributed by atoms with E-state index in [1.54, 1.807) is 0 Å². The van der Waals surface area contributed by atoms with Gasteiger partial charge in [0, 0.05) is 26.3 Å². The van der Waals surface area contributed by atoms with E-state index < -0.39 is 0 Å². The Kier molecular flexibility index (Phi) is 6.27. The zero-order valence-corrected chi connectivity index (χ0v) is 15.7. The SMILES string of the molecule is CCCNC(Cc1sccc1Br)c1cccc(Br)c1C. The molecule has 0 aliphatic rings. The van der Waals surface area contributed by atoms with Gasteiger partial charge in [0.2, 0.25) is 0 Å². The molecule has 4 heteroatoms. The van der Waals surface area contributed by atoms with Gasteiger partial charge < -0.3 is 5.32 Å². The Labute approximate surface area is 142 Å². The van der Waals surface area contributed by atoms with Crippen LogP contribution in [-0.2, 0) is 6.42 Å². The van der Waals surface area contributed by atoms with Crippen LogP contribution in [0.4, 0.5) is 0 Å². The van der Waals surface area contributed by atoms with Crippen molar-refractivity contribution in [2.45, 2.75) is 32.7 Å². The van der Waals surface area contributed by atoms with E-state index in [0.29, 0.717) is 6.04 Å². The van der Waals surface area contributed by atoms with E-state index in [1.165, 1.54) is 24.9 Å². The maximum Gasteiger partial charge on any atom is 0.0372 e. The van der Waals surface area contributed by atoms with Gasteiger partial charge in [0.15, 0.2) is 0 Å². The largest absolute Gasteiger partial charge is 0.310 e. The summed E-state index contributed by atoms with van der Waals surface area (Å²) in [5.74, 6) is 0. The summed E-state index contributed by atoms with van der Waals surface area (Å²) in [6, 6.07) is 8.95. The predicted octanol–water partition coefficient (Wildman–Crippen LogP) is 5.86. The van der Waals surface area contributed by atoms with Crippen molar-refractivity contribution >= 4 is 43.2 Å². The molecule has 20 heavy (non-hydrogen) atoms. The van der Waals surface area contributed by atoms with Crippen molar-refractivity contribution in [1.82, 2.24) is 5.32 Å². The molecular formula is C16H19Br2NS. The number of rotatable bonds is 6. The highest BCUT2D eigenvalue weighted by Crippen LogP contribution is 2.31. The highest BCUT2D eigenvalue weighted by Gasteiger charge is 2.17. The van der Waals surface area contributed by atoms with Gasteiger partial charge in [-0.15, -0.1) is 11.3 Å². The molecule has 0 saturated heterocycles. The first-order valence-electron chi connectivity index (χ1n) is 6.83. The van der Waals surface area contributed by atoms with Crippen LogP contribution in [0, 0.1) is 6.92 Å². The van der Waals surface area contributed by atoms with Crippen molar-refractivity contribution in [2.24, 2.45) is 0 Å². The molecule has 1 unspecified atom stereocenters. The fourth-order valence-corrected chi connectivity index (χ4v) is 4.21. The zero-order chi connectivity index (χ0) is 14.5. The first-order valence-corrected chi connectivity index (χ1v) is 9.30. The second-order valence-electron chi connectivity index (χ2n) is 4.86. The van der Waals surface area contributed by atoms with Crippen molar-refractivity contribution in [3.8, 4) is 0 Å². The standard InChI is InChI=1S/C16H19Br2NS/c1-3-8-19-15(10-16-14(18)7-9-20-16)12-5-4-6-13(17)11(12)2/h4-7,9,15,19H,3,8,10H2,1-2H3. The lowest BCUT2D eigenvalue weighted by Crippen LogP contribution is -2.24. The number of nitrogens with one attached hydrogen (secondary N) is 1. The summed E-state index contributed by atoms with van der Waals surface area (Å²) < 4.78 is 2.40. The third-order valence-electron chi connectivity index (χ3n) is 3.41. The topological polar surface area (TPSA) is 12.0 Å². The molecule has 108 valence electrons. The third-order valence-corrected chi connectivity index (χ3v) is 6.21. The molecule has 1 heterocycles. The predicted molar refractivity (Wildman–Crippen MR) is 95.6 cm³/mol. The lowest BCUT2D eigenvalue weighted by molar-refractivity contribution is 0.529. The molecule has 0 radical (unpaired) electrons. The molecule has 0 aliphatic heterocycles. The second kappa shape index (κ2) is 7.74. The molecule has 0 amide bonds. The number of halogens is 2.